The lowest BCUT2D eigenvalue weighted by Crippen LogP contribution is -2.26. The summed E-state index contributed by atoms with van der Waals surface area (Å²) in [5, 5.41) is 13.3. The van der Waals surface area contributed by atoms with Crippen LogP contribution in [0.2, 0.25) is 0 Å². The summed E-state index contributed by atoms with van der Waals surface area (Å²) < 4.78 is 0. The van der Waals surface area contributed by atoms with E-state index in [-0.39, 0.29) is 11.6 Å². The van der Waals surface area contributed by atoms with Gasteiger partial charge in [0.05, 0.1) is 10.5 Å². The zero-order chi connectivity index (χ0) is 15.2. The number of rotatable bonds is 5. The monoisotopic (exact) mass is 285 g/mol. The quantitative estimate of drug-likeness (QED) is 0.499. The summed E-state index contributed by atoms with van der Waals surface area (Å²) in [5.74, 6) is -0.227. The highest BCUT2D eigenvalue weighted by Gasteiger charge is 2.08. The highest BCUT2D eigenvalue weighted by Crippen LogP contribution is 2.12. The Morgan fingerprint density at radius 3 is 2.43 bits per heavy atom. The fraction of sp³-hybridized carbons (Fsp3) is 0.133. The van der Waals surface area contributed by atoms with E-state index in [0.29, 0.717) is 24.2 Å². The van der Waals surface area contributed by atoms with Crippen molar-refractivity contribution in [3.05, 3.63) is 69.8 Å². The minimum atomic E-state index is -0.441. The van der Waals surface area contributed by atoms with Gasteiger partial charge in [-0.2, -0.15) is 0 Å². The first-order valence-electron chi connectivity index (χ1n) is 6.44. The van der Waals surface area contributed by atoms with Crippen molar-refractivity contribution in [3.63, 3.8) is 0 Å². The van der Waals surface area contributed by atoms with Crippen LogP contribution in [-0.2, 0) is 6.42 Å². The standard InChI is InChI=1S/C15H15N3O3/c16-14-4-2-1-3-13(14)15(19)17-10-9-11-5-7-12(8-6-11)18(20)21/h1-8H,9-10,16H2,(H,17,19). The van der Waals surface area contributed by atoms with Gasteiger partial charge in [-0.1, -0.05) is 24.3 Å². The fourth-order valence-electron chi connectivity index (χ4n) is 1.90. The fourth-order valence-corrected chi connectivity index (χ4v) is 1.90. The molecule has 0 fully saturated rings. The molecule has 0 aliphatic heterocycles. The van der Waals surface area contributed by atoms with E-state index in [9.17, 15) is 14.9 Å². The maximum atomic E-state index is 11.9. The number of nitrogen functional groups attached to an aromatic ring is 1. The number of anilines is 1. The van der Waals surface area contributed by atoms with Crippen LogP contribution in [0.3, 0.4) is 0 Å². The number of nitrogens with one attached hydrogen (secondary N) is 1. The number of nitrogens with zero attached hydrogens (tertiary/aromatic N) is 1. The Morgan fingerprint density at radius 1 is 1.14 bits per heavy atom. The second-order valence-electron chi connectivity index (χ2n) is 4.52. The van der Waals surface area contributed by atoms with Gasteiger partial charge in [-0.15, -0.1) is 0 Å². The average molecular weight is 285 g/mol. The van der Waals surface area contributed by atoms with Gasteiger partial charge in [0.1, 0.15) is 0 Å². The number of hydrogen-bond donors (Lipinski definition) is 2. The van der Waals surface area contributed by atoms with Crippen LogP contribution in [0.4, 0.5) is 11.4 Å². The molecule has 3 N–H and O–H groups in total. The van der Waals surface area contributed by atoms with Gasteiger partial charge < -0.3 is 11.1 Å². The molecule has 0 aromatic heterocycles. The zero-order valence-electron chi connectivity index (χ0n) is 11.3. The van der Waals surface area contributed by atoms with Crippen LogP contribution in [0.1, 0.15) is 15.9 Å². The zero-order valence-corrected chi connectivity index (χ0v) is 11.3. The molecule has 0 aliphatic rings. The van der Waals surface area contributed by atoms with Gasteiger partial charge in [0.15, 0.2) is 0 Å². The number of para-hydroxylation sites is 1. The van der Waals surface area contributed by atoms with Crippen molar-refractivity contribution in [3.8, 4) is 0 Å². The Morgan fingerprint density at radius 2 is 1.81 bits per heavy atom. The number of carbonyl (C=O) groups is 1. The van der Waals surface area contributed by atoms with Crippen LogP contribution in [0.15, 0.2) is 48.5 Å². The topological polar surface area (TPSA) is 98.3 Å². The third-order valence-electron chi connectivity index (χ3n) is 3.05. The maximum absolute atomic E-state index is 11.9. The Bertz CT molecular complexity index is 653. The first-order valence-corrected chi connectivity index (χ1v) is 6.44. The Balaban J connectivity index is 1.88. The first-order chi connectivity index (χ1) is 10.1. The Hall–Kier alpha value is -2.89. The van der Waals surface area contributed by atoms with Crippen LogP contribution < -0.4 is 11.1 Å². The molecule has 21 heavy (non-hydrogen) atoms. The number of amides is 1. The molecular formula is C15H15N3O3. The second kappa shape index (κ2) is 6.51. The van der Waals surface area contributed by atoms with Crippen molar-refractivity contribution in [2.45, 2.75) is 6.42 Å². The number of non-ortho nitro benzene ring substituents is 1. The predicted octanol–water partition coefficient (Wildman–Crippen LogP) is 2.15. The van der Waals surface area contributed by atoms with E-state index < -0.39 is 4.92 Å². The summed E-state index contributed by atoms with van der Waals surface area (Å²) in [4.78, 5) is 22.0. The van der Waals surface area contributed by atoms with Crippen molar-refractivity contribution in [2.75, 3.05) is 12.3 Å². The molecule has 0 heterocycles. The minimum absolute atomic E-state index is 0.0554. The Labute approximate surface area is 121 Å². The third kappa shape index (κ3) is 3.79. The van der Waals surface area contributed by atoms with Gasteiger partial charge in [0, 0.05) is 24.4 Å². The second-order valence-corrected chi connectivity index (χ2v) is 4.52. The van der Waals surface area contributed by atoms with Gasteiger partial charge >= 0.3 is 0 Å². The van der Waals surface area contributed by atoms with Crippen LogP contribution in [0, 0.1) is 10.1 Å². The molecule has 0 bridgehead atoms. The highest BCUT2D eigenvalue weighted by molar-refractivity contribution is 5.99. The molecule has 6 nitrogen and oxygen atoms in total. The molecule has 0 unspecified atom stereocenters. The first kappa shape index (κ1) is 14.5. The molecule has 0 radical (unpaired) electrons. The minimum Gasteiger partial charge on any atom is -0.398 e. The van der Waals surface area contributed by atoms with Crippen molar-refractivity contribution >= 4 is 17.3 Å². The van der Waals surface area contributed by atoms with Gasteiger partial charge in [-0.25, -0.2) is 0 Å². The molecule has 108 valence electrons. The molecule has 0 saturated carbocycles. The summed E-state index contributed by atoms with van der Waals surface area (Å²) in [6.45, 7) is 0.435. The molecule has 2 aromatic carbocycles. The summed E-state index contributed by atoms with van der Waals surface area (Å²) in [7, 11) is 0. The number of nitro benzene ring substituents is 1. The predicted molar refractivity (Wildman–Crippen MR) is 80.0 cm³/mol. The molecule has 1 amide bonds. The summed E-state index contributed by atoms with van der Waals surface area (Å²) >= 11 is 0. The smallest absolute Gasteiger partial charge is 0.269 e. The summed E-state index contributed by atoms with van der Waals surface area (Å²) in [5.41, 5.74) is 7.58. The largest absolute Gasteiger partial charge is 0.398 e. The van der Waals surface area contributed by atoms with E-state index in [1.165, 1.54) is 12.1 Å². The van der Waals surface area contributed by atoms with E-state index in [1.807, 2.05) is 0 Å². The third-order valence-corrected chi connectivity index (χ3v) is 3.05. The van der Waals surface area contributed by atoms with Crippen LogP contribution in [0.5, 0.6) is 0 Å². The number of carbonyl (C=O) groups excluding carboxylic acids is 1. The van der Waals surface area contributed by atoms with Gasteiger partial charge in [-0.05, 0) is 24.1 Å². The van der Waals surface area contributed by atoms with E-state index in [2.05, 4.69) is 5.32 Å². The number of hydrogen-bond acceptors (Lipinski definition) is 4. The lowest BCUT2D eigenvalue weighted by atomic mass is 10.1. The molecule has 2 aromatic rings. The molecule has 0 saturated heterocycles. The molecule has 6 heteroatoms. The average Bonchev–Trinajstić information content (AvgIpc) is 2.48. The van der Waals surface area contributed by atoms with E-state index >= 15 is 0 Å². The molecular weight excluding hydrogens is 270 g/mol. The summed E-state index contributed by atoms with van der Waals surface area (Å²) in [6, 6.07) is 13.1. The van der Waals surface area contributed by atoms with Crippen molar-refractivity contribution in [1.29, 1.82) is 0 Å². The van der Waals surface area contributed by atoms with Crippen LogP contribution in [0.25, 0.3) is 0 Å². The molecule has 0 spiro atoms. The van der Waals surface area contributed by atoms with Crippen molar-refractivity contribution < 1.29 is 9.72 Å². The van der Waals surface area contributed by atoms with Crippen molar-refractivity contribution in [1.82, 2.24) is 5.32 Å². The molecule has 0 aliphatic carbocycles. The summed E-state index contributed by atoms with van der Waals surface area (Å²) in [6.07, 6.45) is 0.594. The van der Waals surface area contributed by atoms with Crippen LogP contribution >= 0.6 is 0 Å². The van der Waals surface area contributed by atoms with Crippen LogP contribution in [-0.4, -0.2) is 17.4 Å². The normalized spacial score (nSPS) is 10.1. The van der Waals surface area contributed by atoms with Gasteiger partial charge in [0.25, 0.3) is 11.6 Å². The SMILES string of the molecule is Nc1ccccc1C(=O)NCCc1ccc([N+](=O)[O-])cc1. The lowest BCUT2D eigenvalue weighted by Gasteiger charge is -2.07. The number of nitrogens with two attached hydrogens (primary N) is 1. The highest BCUT2D eigenvalue weighted by atomic mass is 16.6. The molecule has 0 atom stereocenters. The molecule has 2 rings (SSSR count). The van der Waals surface area contributed by atoms with E-state index in [1.54, 1.807) is 36.4 Å². The number of benzene rings is 2. The Kier molecular flexibility index (Phi) is 4.50. The van der Waals surface area contributed by atoms with E-state index in [4.69, 9.17) is 5.73 Å². The van der Waals surface area contributed by atoms with E-state index in [0.717, 1.165) is 5.56 Å². The van der Waals surface area contributed by atoms with Crippen molar-refractivity contribution in [2.24, 2.45) is 0 Å². The lowest BCUT2D eigenvalue weighted by molar-refractivity contribution is -0.384. The van der Waals surface area contributed by atoms with Gasteiger partial charge in [-0.3, -0.25) is 14.9 Å². The maximum Gasteiger partial charge on any atom is 0.269 e. The number of nitro groups is 1. The van der Waals surface area contributed by atoms with Gasteiger partial charge in [0.2, 0.25) is 0 Å².